The van der Waals surface area contributed by atoms with Crippen LogP contribution in [0.25, 0.3) is 0 Å². The highest BCUT2D eigenvalue weighted by molar-refractivity contribution is 9.12. The van der Waals surface area contributed by atoms with Crippen LogP contribution in [0.3, 0.4) is 0 Å². The van der Waals surface area contributed by atoms with E-state index in [1.54, 1.807) is 31.4 Å². The largest absolute Gasteiger partial charge is 0.497 e. The van der Waals surface area contributed by atoms with Crippen molar-refractivity contribution >= 4 is 31.9 Å². The molecule has 0 aliphatic rings. The number of methoxy groups -OCH3 is 1. The van der Waals surface area contributed by atoms with Gasteiger partial charge in [0.15, 0.2) is 0 Å². The molecule has 4 nitrogen and oxygen atoms in total. The van der Waals surface area contributed by atoms with Crippen LogP contribution in [0.2, 0.25) is 0 Å². The monoisotopic (exact) mass is 351 g/mol. The standard InChI is InChI=1S/C10H11Br2NO3/c1-10(12,13(14)15)9(11)7-3-5-8(16-2)6-4-7/h3-6,9H,1-2H3/t9-,10+/m1/s1. The lowest BCUT2D eigenvalue weighted by Gasteiger charge is -2.20. The second kappa shape index (κ2) is 5.14. The van der Waals surface area contributed by atoms with Crippen LogP contribution >= 0.6 is 31.9 Å². The van der Waals surface area contributed by atoms with Gasteiger partial charge in [0.05, 0.1) is 7.11 Å². The zero-order valence-electron chi connectivity index (χ0n) is 8.81. The summed E-state index contributed by atoms with van der Waals surface area (Å²) in [6.07, 6.45) is 0. The molecule has 1 rings (SSSR count). The number of hydrogen-bond acceptors (Lipinski definition) is 3. The van der Waals surface area contributed by atoms with Crippen LogP contribution in [-0.4, -0.2) is 16.5 Å². The number of halogens is 2. The van der Waals surface area contributed by atoms with E-state index in [2.05, 4.69) is 31.9 Å². The molecule has 1 aromatic rings. The molecule has 0 unspecified atom stereocenters. The molecule has 0 aromatic heterocycles. The Balaban J connectivity index is 2.96. The molecular weight excluding hydrogens is 342 g/mol. The van der Waals surface area contributed by atoms with Crippen LogP contribution in [-0.2, 0) is 0 Å². The number of alkyl halides is 2. The van der Waals surface area contributed by atoms with Gasteiger partial charge in [0.25, 0.3) is 4.45 Å². The minimum Gasteiger partial charge on any atom is -0.497 e. The summed E-state index contributed by atoms with van der Waals surface area (Å²) in [6, 6.07) is 7.13. The molecule has 0 radical (unpaired) electrons. The van der Waals surface area contributed by atoms with E-state index < -0.39 is 9.28 Å². The molecule has 16 heavy (non-hydrogen) atoms. The lowest BCUT2D eigenvalue weighted by Crippen LogP contribution is -2.31. The normalized spacial score (nSPS) is 16.2. The van der Waals surface area contributed by atoms with E-state index in [0.717, 1.165) is 11.3 Å². The summed E-state index contributed by atoms with van der Waals surface area (Å²) in [5, 5.41) is 10.9. The van der Waals surface area contributed by atoms with Gasteiger partial charge in [-0.15, -0.1) is 0 Å². The van der Waals surface area contributed by atoms with E-state index in [1.807, 2.05) is 0 Å². The van der Waals surface area contributed by atoms with Crippen LogP contribution in [0.4, 0.5) is 0 Å². The SMILES string of the molecule is COc1ccc([C@@H](Br)[C@@](C)(Br)[N+](=O)[O-])cc1. The van der Waals surface area contributed by atoms with Gasteiger partial charge in [0.2, 0.25) is 0 Å². The lowest BCUT2D eigenvalue weighted by molar-refractivity contribution is -0.530. The summed E-state index contributed by atoms with van der Waals surface area (Å²) < 4.78 is 3.79. The van der Waals surface area contributed by atoms with Gasteiger partial charge in [-0.05, 0) is 17.7 Å². The molecule has 0 saturated carbocycles. The quantitative estimate of drug-likeness (QED) is 0.360. The molecule has 0 bridgehead atoms. The minimum absolute atomic E-state index is 0.364. The highest BCUT2D eigenvalue weighted by Crippen LogP contribution is 2.40. The molecule has 0 saturated heterocycles. The fraction of sp³-hybridized carbons (Fsp3) is 0.400. The molecule has 0 heterocycles. The minimum atomic E-state index is -1.23. The van der Waals surface area contributed by atoms with Gasteiger partial charge in [-0.1, -0.05) is 28.1 Å². The summed E-state index contributed by atoms with van der Waals surface area (Å²) in [5.74, 6) is 0.723. The first-order valence-corrected chi connectivity index (χ1v) is 6.22. The first kappa shape index (κ1) is 13.4. The van der Waals surface area contributed by atoms with Crippen LogP contribution in [0, 0.1) is 10.1 Å². The third-order valence-electron chi connectivity index (χ3n) is 2.23. The number of ether oxygens (including phenoxy) is 1. The van der Waals surface area contributed by atoms with Crippen molar-refractivity contribution in [3.05, 3.63) is 39.9 Å². The van der Waals surface area contributed by atoms with Crippen molar-refractivity contribution in [2.45, 2.75) is 16.2 Å². The molecule has 0 aliphatic carbocycles. The van der Waals surface area contributed by atoms with Gasteiger partial charge in [0, 0.05) is 27.8 Å². The van der Waals surface area contributed by atoms with Gasteiger partial charge in [-0.3, -0.25) is 10.1 Å². The fourth-order valence-corrected chi connectivity index (χ4v) is 1.91. The highest BCUT2D eigenvalue weighted by atomic mass is 79.9. The van der Waals surface area contributed by atoms with E-state index in [4.69, 9.17) is 4.74 Å². The first-order chi connectivity index (χ1) is 7.39. The van der Waals surface area contributed by atoms with Gasteiger partial charge >= 0.3 is 0 Å². The van der Waals surface area contributed by atoms with E-state index in [9.17, 15) is 10.1 Å². The maximum absolute atomic E-state index is 10.9. The molecule has 0 spiro atoms. The summed E-state index contributed by atoms with van der Waals surface area (Å²) >= 11 is 6.43. The molecule has 0 N–H and O–H groups in total. The highest BCUT2D eigenvalue weighted by Gasteiger charge is 2.42. The lowest BCUT2D eigenvalue weighted by atomic mass is 10.1. The first-order valence-electron chi connectivity index (χ1n) is 4.51. The molecular formula is C10H11Br2NO3. The van der Waals surface area contributed by atoms with Crippen molar-refractivity contribution < 1.29 is 9.66 Å². The zero-order valence-corrected chi connectivity index (χ0v) is 12.0. The Bertz CT molecular complexity index is 378. The Hall–Kier alpha value is -0.620. The summed E-state index contributed by atoms with van der Waals surface area (Å²) in [7, 11) is 1.58. The second-order valence-electron chi connectivity index (χ2n) is 3.42. The van der Waals surface area contributed by atoms with Crippen molar-refractivity contribution in [3.8, 4) is 5.75 Å². The van der Waals surface area contributed by atoms with Gasteiger partial charge < -0.3 is 4.74 Å². The van der Waals surface area contributed by atoms with E-state index in [-0.39, 0.29) is 4.92 Å². The Morgan fingerprint density at radius 2 is 1.94 bits per heavy atom. The maximum atomic E-state index is 10.9. The van der Waals surface area contributed by atoms with Crippen molar-refractivity contribution in [3.63, 3.8) is 0 Å². The summed E-state index contributed by atoms with van der Waals surface area (Å²) in [4.78, 5) is 10.1. The molecule has 0 aliphatic heterocycles. The van der Waals surface area contributed by atoms with Crippen molar-refractivity contribution in [1.82, 2.24) is 0 Å². The van der Waals surface area contributed by atoms with E-state index in [1.165, 1.54) is 6.92 Å². The third-order valence-corrected chi connectivity index (χ3v) is 5.01. The van der Waals surface area contributed by atoms with Gasteiger partial charge in [-0.2, -0.15) is 0 Å². The number of benzene rings is 1. The van der Waals surface area contributed by atoms with E-state index >= 15 is 0 Å². The maximum Gasteiger partial charge on any atom is 0.288 e. The average molecular weight is 353 g/mol. The van der Waals surface area contributed by atoms with E-state index in [0.29, 0.717) is 0 Å². The van der Waals surface area contributed by atoms with Crippen LogP contribution in [0.1, 0.15) is 17.3 Å². The molecule has 6 heteroatoms. The van der Waals surface area contributed by atoms with Crippen LogP contribution < -0.4 is 4.74 Å². The molecule has 1 aromatic carbocycles. The number of rotatable bonds is 4. The number of nitrogens with zero attached hydrogens (tertiary/aromatic N) is 1. The third kappa shape index (κ3) is 2.74. The summed E-state index contributed by atoms with van der Waals surface area (Å²) in [6.45, 7) is 1.51. The summed E-state index contributed by atoms with van der Waals surface area (Å²) in [5.41, 5.74) is 0.817. The second-order valence-corrected chi connectivity index (χ2v) is 5.94. The van der Waals surface area contributed by atoms with Gasteiger partial charge in [-0.25, -0.2) is 0 Å². The predicted molar refractivity (Wildman–Crippen MR) is 69.0 cm³/mol. The fourth-order valence-electron chi connectivity index (χ4n) is 1.17. The van der Waals surface area contributed by atoms with Crippen molar-refractivity contribution in [2.75, 3.05) is 7.11 Å². The Morgan fingerprint density at radius 3 is 2.31 bits per heavy atom. The van der Waals surface area contributed by atoms with Gasteiger partial charge in [0.1, 0.15) is 10.6 Å². The molecule has 2 atom stereocenters. The van der Waals surface area contributed by atoms with Crippen LogP contribution in [0.15, 0.2) is 24.3 Å². The van der Waals surface area contributed by atoms with Crippen molar-refractivity contribution in [2.24, 2.45) is 0 Å². The Kier molecular flexibility index (Phi) is 4.32. The predicted octanol–water partition coefficient (Wildman–Crippen LogP) is 3.52. The Labute approximate surface area is 110 Å². The average Bonchev–Trinajstić information content (AvgIpc) is 2.28. The molecule has 0 fully saturated rings. The topological polar surface area (TPSA) is 52.4 Å². The number of nitro groups is 1. The molecule has 0 amide bonds. The number of hydrogen-bond donors (Lipinski definition) is 0. The van der Waals surface area contributed by atoms with Crippen molar-refractivity contribution in [1.29, 1.82) is 0 Å². The molecule has 88 valence electrons. The van der Waals surface area contributed by atoms with Crippen LogP contribution in [0.5, 0.6) is 5.75 Å². The Morgan fingerprint density at radius 1 is 1.44 bits per heavy atom. The smallest absolute Gasteiger partial charge is 0.288 e. The zero-order chi connectivity index (χ0) is 12.3.